The number of nitrogens with one attached hydrogen (secondary N) is 1. The van der Waals surface area contributed by atoms with E-state index >= 15 is 0 Å². The first kappa shape index (κ1) is 22.4. The summed E-state index contributed by atoms with van der Waals surface area (Å²) >= 11 is 0. The van der Waals surface area contributed by atoms with Crippen LogP contribution in [0.5, 0.6) is 5.75 Å². The van der Waals surface area contributed by atoms with Crippen LogP contribution in [0.15, 0.2) is 36.5 Å². The number of imidazole rings is 1. The molecule has 2 aromatic heterocycles. The Morgan fingerprint density at radius 1 is 1.18 bits per heavy atom. The van der Waals surface area contributed by atoms with Gasteiger partial charge in [0.15, 0.2) is 11.4 Å². The summed E-state index contributed by atoms with van der Waals surface area (Å²) in [5, 5.41) is 12.8. The zero-order valence-electron chi connectivity index (χ0n) is 19.7. The minimum atomic E-state index is -0.910. The highest BCUT2D eigenvalue weighted by Crippen LogP contribution is 2.37. The largest absolute Gasteiger partial charge is 0.489 e. The molecule has 34 heavy (non-hydrogen) atoms. The number of benzene rings is 1. The maximum Gasteiger partial charge on any atom is 0.309 e. The smallest absolute Gasteiger partial charge is 0.309 e. The maximum atomic E-state index is 13.5. The number of amides is 1. The molecule has 2 N–H and O–H groups in total. The van der Waals surface area contributed by atoms with Gasteiger partial charge in [0.2, 0.25) is 0 Å². The molecule has 0 aliphatic heterocycles. The van der Waals surface area contributed by atoms with Gasteiger partial charge in [0.25, 0.3) is 5.91 Å². The van der Waals surface area contributed by atoms with Crippen LogP contribution in [-0.4, -0.2) is 33.0 Å². The molecule has 0 saturated heterocycles. The van der Waals surface area contributed by atoms with Crippen molar-refractivity contribution in [1.29, 1.82) is 0 Å². The lowest BCUT2D eigenvalue weighted by atomic mass is 9.90. The lowest BCUT2D eigenvalue weighted by Crippen LogP contribution is -2.35. The molecule has 1 aromatic carbocycles. The molecular weight excluding hydrogens is 430 g/mol. The molecule has 2 heterocycles. The van der Waals surface area contributed by atoms with Gasteiger partial charge in [-0.3, -0.25) is 14.0 Å². The van der Waals surface area contributed by atoms with Crippen molar-refractivity contribution >= 4 is 17.5 Å². The number of hydrogen-bond donors (Lipinski definition) is 2. The van der Waals surface area contributed by atoms with E-state index in [2.05, 4.69) is 10.3 Å². The fourth-order valence-electron chi connectivity index (χ4n) is 5.51. The third-order valence-electron chi connectivity index (χ3n) is 7.28. The Morgan fingerprint density at radius 2 is 1.97 bits per heavy atom. The second kappa shape index (κ2) is 9.12. The van der Waals surface area contributed by atoms with Gasteiger partial charge in [-0.05, 0) is 62.3 Å². The van der Waals surface area contributed by atoms with Crippen molar-refractivity contribution < 1.29 is 19.4 Å². The molecule has 0 spiro atoms. The van der Waals surface area contributed by atoms with Gasteiger partial charge in [-0.15, -0.1) is 0 Å². The molecule has 7 nitrogen and oxygen atoms in total. The Balaban J connectivity index is 1.41. The van der Waals surface area contributed by atoms with Crippen molar-refractivity contribution in [3.63, 3.8) is 0 Å². The first-order chi connectivity index (χ1) is 16.4. The van der Waals surface area contributed by atoms with E-state index in [-0.39, 0.29) is 5.91 Å². The van der Waals surface area contributed by atoms with Crippen molar-refractivity contribution in [3.8, 4) is 5.75 Å². The Hall–Kier alpha value is -3.35. The van der Waals surface area contributed by atoms with E-state index < -0.39 is 17.9 Å². The number of pyridine rings is 1. The predicted octanol–water partition coefficient (Wildman–Crippen LogP) is 4.64. The summed E-state index contributed by atoms with van der Waals surface area (Å²) in [5.74, 6) is -0.715. The third-order valence-corrected chi connectivity index (χ3v) is 7.28. The van der Waals surface area contributed by atoms with Crippen LogP contribution < -0.4 is 10.1 Å². The number of carbonyl (C=O) groups is 2. The quantitative estimate of drug-likeness (QED) is 0.558. The number of rotatable bonds is 6. The van der Waals surface area contributed by atoms with Crippen molar-refractivity contribution in [1.82, 2.24) is 14.7 Å². The summed E-state index contributed by atoms with van der Waals surface area (Å²) in [6.45, 7) is 4.44. The number of carbonyl (C=O) groups excluding carboxylic acids is 1. The third kappa shape index (κ3) is 4.15. The summed E-state index contributed by atoms with van der Waals surface area (Å²) in [4.78, 5) is 30.1. The highest BCUT2D eigenvalue weighted by molar-refractivity contribution is 5.95. The second-order valence-electron chi connectivity index (χ2n) is 9.73. The first-order valence-electron chi connectivity index (χ1n) is 12.2. The number of hydrogen-bond acceptors (Lipinski definition) is 4. The van der Waals surface area contributed by atoms with E-state index in [4.69, 9.17) is 4.74 Å². The summed E-state index contributed by atoms with van der Waals surface area (Å²) in [7, 11) is 0. The summed E-state index contributed by atoms with van der Waals surface area (Å²) in [6.07, 6.45) is 8.41. The van der Waals surface area contributed by atoms with Gasteiger partial charge in [-0.25, -0.2) is 4.98 Å². The molecule has 0 radical (unpaired) electrons. The maximum absolute atomic E-state index is 13.5. The van der Waals surface area contributed by atoms with Gasteiger partial charge in [0, 0.05) is 6.20 Å². The molecule has 1 saturated carbocycles. The molecule has 1 fully saturated rings. The van der Waals surface area contributed by atoms with Crippen LogP contribution in [0.2, 0.25) is 0 Å². The molecule has 178 valence electrons. The van der Waals surface area contributed by atoms with Crippen LogP contribution in [-0.2, 0) is 11.2 Å². The number of nitrogens with zero attached hydrogens (tertiary/aromatic N) is 2. The highest BCUT2D eigenvalue weighted by Gasteiger charge is 2.39. The van der Waals surface area contributed by atoms with Crippen LogP contribution in [0.3, 0.4) is 0 Å². The molecule has 2 atom stereocenters. The Kier molecular flexibility index (Phi) is 6.02. The Morgan fingerprint density at radius 3 is 2.74 bits per heavy atom. The monoisotopic (exact) mass is 461 g/mol. The first-order valence-corrected chi connectivity index (χ1v) is 12.2. The van der Waals surface area contributed by atoms with E-state index in [1.807, 2.05) is 37.3 Å². The zero-order chi connectivity index (χ0) is 23.8. The van der Waals surface area contributed by atoms with Crippen LogP contribution in [0.1, 0.15) is 71.0 Å². The summed E-state index contributed by atoms with van der Waals surface area (Å²) < 4.78 is 7.91. The predicted molar refractivity (Wildman–Crippen MR) is 128 cm³/mol. The number of ether oxygens (including phenoxy) is 1. The van der Waals surface area contributed by atoms with E-state index in [0.29, 0.717) is 41.7 Å². The molecule has 2 aliphatic carbocycles. The molecular formula is C27H31N3O4. The number of aryl methyl sites for hydroxylation is 2. The summed E-state index contributed by atoms with van der Waals surface area (Å²) in [5.41, 5.74) is 4.52. The molecule has 1 amide bonds. The minimum absolute atomic E-state index is 0.334. The number of carboxylic acids is 1. The fourth-order valence-corrected chi connectivity index (χ4v) is 5.51. The lowest BCUT2D eigenvalue weighted by Gasteiger charge is -2.21. The number of aliphatic carboxylic acids is 1. The Labute approximate surface area is 199 Å². The SMILES string of the molecule is Cc1ccc2c(c1)C[C@@H](C(=O)O)[C@H]2NC(=O)c1c(C)nc2c(OCC3CCCCC3)cccn12. The van der Waals surface area contributed by atoms with E-state index in [1.165, 1.54) is 32.1 Å². The summed E-state index contributed by atoms with van der Waals surface area (Å²) in [6, 6.07) is 9.05. The minimum Gasteiger partial charge on any atom is -0.489 e. The van der Waals surface area contributed by atoms with E-state index in [9.17, 15) is 14.7 Å². The van der Waals surface area contributed by atoms with Crippen molar-refractivity contribution in [2.75, 3.05) is 6.61 Å². The van der Waals surface area contributed by atoms with Crippen LogP contribution >= 0.6 is 0 Å². The standard InChI is InChI=1S/C27H31N3O4/c1-16-10-11-20-19(13-16)14-21(27(32)33)23(20)29-26(31)24-17(2)28-25-22(9-6-12-30(24)25)34-15-18-7-4-3-5-8-18/h6,9-13,18,21,23H,3-5,7-8,14-15H2,1-2H3,(H,29,31)(H,32,33)/t21-,23+/m1/s1. The van der Waals surface area contributed by atoms with E-state index in [1.54, 1.807) is 17.5 Å². The van der Waals surface area contributed by atoms with Crippen LogP contribution in [0.25, 0.3) is 5.65 Å². The van der Waals surface area contributed by atoms with Gasteiger partial charge in [0.1, 0.15) is 5.69 Å². The normalized spacial score (nSPS) is 20.3. The van der Waals surface area contributed by atoms with Gasteiger partial charge < -0.3 is 15.2 Å². The average Bonchev–Trinajstić information content (AvgIpc) is 3.35. The number of aromatic nitrogens is 2. The van der Waals surface area contributed by atoms with Gasteiger partial charge >= 0.3 is 5.97 Å². The molecule has 0 unspecified atom stereocenters. The van der Waals surface area contributed by atoms with Crippen molar-refractivity contribution in [2.45, 2.75) is 58.4 Å². The van der Waals surface area contributed by atoms with Gasteiger partial charge in [-0.2, -0.15) is 0 Å². The van der Waals surface area contributed by atoms with Crippen LogP contribution in [0.4, 0.5) is 0 Å². The molecule has 3 aromatic rings. The van der Waals surface area contributed by atoms with Crippen LogP contribution in [0, 0.1) is 25.7 Å². The number of carboxylic acid groups (broad SMARTS) is 1. The zero-order valence-corrected chi connectivity index (χ0v) is 19.7. The van der Waals surface area contributed by atoms with Crippen molar-refractivity contribution in [3.05, 3.63) is 64.6 Å². The fraction of sp³-hybridized carbons (Fsp3) is 0.444. The van der Waals surface area contributed by atoms with Crippen molar-refractivity contribution in [2.24, 2.45) is 11.8 Å². The number of fused-ring (bicyclic) bond motifs is 2. The van der Waals surface area contributed by atoms with Gasteiger partial charge in [-0.1, -0.05) is 43.0 Å². The Bertz CT molecular complexity index is 1240. The van der Waals surface area contributed by atoms with E-state index in [0.717, 1.165) is 16.7 Å². The molecule has 2 aliphatic rings. The average molecular weight is 462 g/mol. The lowest BCUT2D eigenvalue weighted by molar-refractivity contribution is -0.142. The van der Waals surface area contributed by atoms with Gasteiger partial charge in [0.05, 0.1) is 24.3 Å². The molecule has 5 rings (SSSR count). The highest BCUT2D eigenvalue weighted by atomic mass is 16.5. The molecule has 0 bridgehead atoms. The second-order valence-corrected chi connectivity index (χ2v) is 9.73. The topological polar surface area (TPSA) is 92.9 Å². The molecule has 7 heteroatoms.